The Morgan fingerprint density at radius 1 is 0.280 bits per heavy atom. The summed E-state index contributed by atoms with van der Waals surface area (Å²) in [5.41, 5.74) is 0. The Bertz CT molecular complexity index is 1930. The molecule has 0 radical (unpaired) electrons. The molecule has 7 atom stereocenters. The predicted octanol–water partition coefficient (Wildman–Crippen LogP) is 24.3. The molecule has 0 saturated carbocycles. The molecule has 0 aliphatic heterocycles. The molecule has 0 aromatic heterocycles. The summed E-state index contributed by atoms with van der Waals surface area (Å²) in [6, 6.07) is 0. The van der Waals surface area contributed by atoms with Crippen LogP contribution in [0.15, 0.2) is 0 Å². The van der Waals surface area contributed by atoms with Gasteiger partial charge >= 0.3 is 39.5 Å². The van der Waals surface area contributed by atoms with E-state index in [1.54, 1.807) is 0 Å². The molecule has 594 valence electrons. The summed E-state index contributed by atoms with van der Waals surface area (Å²) >= 11 is 0. The van der Waals surface area contributed by atoms with Crippen molar-refractivity contribution < 1.29 is 80.2 Å². The van der Waals surface area contributed by atoms with Gasteiger partial charge in [0.1, 0.15) is 19.3 Å². The number of rotatable bonds is 80. The highest BCUT2D eigenvalue weighted by molar-refractivity contribution is 7.47. The minimum Gasteiger partial charge on any atom is -0.462 e. The third-order valence-corrected chi connectivity index (χ3v) is 21.6. The largest absolute Gasteiger partial charge is 0.472 e. The smallest absolute Gasteiger partial charge is 0.462 e. The fourth-order valence-electron chi connectivity index (χ4n) is 12.5. The van der Waals surface area contributed by atoms with E-state index >= 15 is 0 Å². The van der Waals surface area contributed by atoms with Crippen molar-refractivity contribution in [1.29, 1.82) is 0 Å². The van der Waals surface area contributed by atoms with Crippen molar-refractivity contribution in [1.82, 2.24) is 0 Å². The van der Waals surface area contributed by atoms with Crippen LogP contribution < -0.4 is 0 Å². The van der Waals surface area contributed by atoms with Crippen LogP contribution in [-0.2, 0) is 65.4 Å². The first-order chi connectivity index (χ1) is 48.4. The number of hydrogen-bond acceptors (Lipinski definition) is 15. The van der Waals surface area contributed by atoms with Gasteiger partial charge in [0, 0.05) is 25.7 Å². The number of phosphoric acid groups is 2. The van der Waals surface area contributed by atoms with Crippen LogP contribution in [0.25, 0.3) is 0 Å². The van der Waals surface area contributed by atoms with Crippen LogP contribution >= 0.6 is 15.6 Å². The number of aliphatic hydroxyl groups excluding tert-OH is 1. The van der Waals surface area contributed by atoms with Gasteiger partial charge in [-0.1, -0.05) is 375 Å². The van der Waals surface area contributed by atoms with Gasteiger partial charge in [-0.05, 0) is 37.5 Å². The second-order valence-corrected chi connectivity index (χ2v) is 32.6. The first-order valence-corrected chi connectivity index (χ1v) is 45.1. The van der Waals surface area contributed by atoms with E-state index in [-0.39, 0.29) is 25.7 Å². The molecule has 0 bridgehead atoms. The Kier molecular flexibility index (Phi) is 71.2. The summed E-state index contributed by atoms with van der Waals surface area (Å²) in [7, 11) is -9.91. The molecule has 100 heavy (non-hydrogen) atoms. The maximum Gasteiger partial charge on any atom is 0.472 e. The second kappa shape index (κ2) is 72.6. The molecule has 0 fully saturated rings. The zero-order valence-corrected chi connectivity index (χ0v) is 67.3. The lowest BCUT2D eigenvalue weighted by atomic mass is 9.99. The van der Waals surface area contributed by atoms with Crippen molar-refractivity contribution >= 4 is 39.5 Å². The van der Waals surface area contributed by atoms with E-state index in [1.165, 1.54) is 244 Å². The summed E-state index contributed by atoms with van der Waals surface area (Å²) < 4.78 is 68.6. The molecule has 0 saturated heterocycles. The maximum atomic E-state index is 13.1. The van der Waals surface area contributed by atoms with Gasteiger partial charge in [-0.25, -0.2) is 9.13 Å². The minimum absolute atomic E-state index is 0.103. The van der Waals surface area contributed by atoms with Crippen molar-refractivity contribution in [3.05, 3.63) is 0 Å². The Balaban J connectivity index is 5.17. The lowest BCUT2D eigenvalue weighted by Crippen LogP contribution is -2.30. The number of hydrogen-bond donors (Lipinski definition) is 3. The molecule has 3 N–H and O–H groups in total. The van der Waals surface area contributed by atoms with E-state index < -0.39 is 97.5 Å². The van der Waals surface area contributed by atoms with Gasteiger partial charge in [-0.2, -0.15) is 0 Å². The van der Waals surface area contributed by atoms with Crippen molar-refractivity contribution in [2.75, 3.05) is 39.6 Å². The summed E-state index contributed by atoms with van der Waals surface area (Å²) in [6.45, 7) is 9.63. The van der Waals surface area contributed by atoms with Crippen LogP contribution in [0.1, 0.15) is 427 Å². The molecule has 19 heteroatoms. The van der Waals surface area contributed by atoms with Crippen LogP contribution in [0, 0.1) is 11.8 Å². The van der Waals surface area contributed by atoms with Crippen LogP contribution in [0.4, 0.5) is 0 Å². The summed E-state index contributed by atoms with van der Waals surface area (Å²) in [5.74, 6) is -0.523. The lowest BCUT2D eigenvalue weighted by molar-refractivity contribution is -0.161. The van der Waals surface area contributed by atoms with Crippen molar-refractivity contribution in [3.8, 4) is 0 Å². The first kappa shape index (κ1) is 98.1. The number of ether oxygens (including phenoxy) is 4. The highest BCUT2D eigenvalue weighted by Gasteiger charge is 2.30. The van der Waals surface area contributed by atoms with Gasteiger partial charge in [0.2, 0.25) is 0 Å². The Hall–Kier alpha value is -1.94. The standard InChI is InChI=1S/C81H158O17P2/c1-7-11-13-15-17-19-20-21-22-23-24-28-31-34-37-41-45-52-58-64-79(84)92-69-76(97-80(85)65-59-53-46-42-38-35-32-29-26-25-27-30-33-36-40-43-49-55-61-73(5)9-3)71-95-99(87,88)93-67-75(82)68-94-100(89,90)96-72-77(70-91-78(83)63-57-51-44-39-18-16-14-12-8-2)98-81(86)66-60-54-48-47-50-56-62-74(6)10-4/h73-77,82H,7-72H2,1-6H3,(H,87,88)(H,89,90)/t73?,74?,75-,76-,77-/m1/s1. The van der Waals surface area contributed by atoms with Crippen LogP contribution in [0.2, 0.25) is 0 Å². The second-order valence-electron chi connectivity index (χ2n) is 29.6. The van der Waals surface area contributed by atoms with Gasteiger partial charge in [0.25, 0.3) is 0 Å². The number of carbonyl (C=O) groups is 4. The van der Waals surface area contributed by atoms with Crippen LogP contribution in [-0.4, -0.2) is 96.7 Å². The SMILES string of the molecule is CCCCCCCCCCCCCCCCCCCCCC(=O)OC[C@H](COP(=O)(O)OC[C@@H](O)COP(=O)(O)OC[C@@H](COC(=O)CCCCCCCCCCC)OC(=O)CCCCCCCCC(C)CC)OC(=O)CCCCCCCCCCCCCCCCCCCCC(C)CC. The van der Waals surface area contributed by atoms with E-state index in [1.807, 2.05) is 0 Å². The third kappa shape index (κ3) is 71.7. The third-order valence-electron chi connectivity index (χ3n) is 19.7. The lowest BCUT2D eigenvalue weighted by Gasteiger charge is -2.21. The number of aliphatic hydroxyl groups is 1. The van der Waals surface area contributed by atoms with Gasteiger partial charge in [-0.3, -0.25) is 37.3 Å². The Morgan fingerprint density at radius 3 is 0.710 bits per heavy atom. The molecule has 0 aliphatic carbocycles. The molecule has 0 rings (SSSR count). The normalized spacial score (nSPS) is 14.4. The van der Waals surface area contributed by atoms with Crippen molar-refractivity contribution in [2.24, 2.45) is 11.8 Å². The van der Waals surface area contributed by atoms with Gasteiger partial charge < -0.3 is 33.8 Å². The van der Waals surface area contributed by atoms with E-state index in [0.29, 0.717) is 25.7 Å². The minimum atomic E-state index is -4.96. The molecule has 4 unspecified atom stereocenters. The van der Waals surface area contributed by atoms with Gasteiger partial charge in [0.15, 0.2) is 12.2 Å². The monoisotopic (exact) mass is 1470 g/mol. The average Bonchev–Trinajstić information content (AvgIpc) is 0.944. The molecule has 0 aliphatic rings. The highest BCUT2D eigenvalue weighted by atomic mass is 31.2. The molecule has 0 spiro atoms. The molecule has 17 nitrogen and oxygen atoms in total. The van der Waals surface area contributed by atoms with E-state index in [2.05, 4.69) is 41.5 Å². The topological polar surface area (TPSA) is 237 Å². The molecular formula is C81H158O17P2. The summed E-state index contributed by atoms with van der Waals surface area (Å²) in [4.78, 5) is 72.9. The van der Waals surface area contributed by atoms with Crippen LogP contribution in [0.3, 0.4) is 0 Å². The summed E-state index contributed by atoms with van der Waals surface area (Å²) in [5, 5.41) is 10.6. The van der Waals surface area contributed by atoms with Crippen LogP contribution in [0.5, 0.6) is 0 Å². The molecule has 0 aromatic rings. The molecule has 0 amide bonds. The quantitative estimate of drug-likeness (QED) is 0.0222. The van der Waals surface area contributed by atoms with Crippen molar-refractivity contribution in [2.45, 2.75) is 445 Å². The molecular weight excluding hydrogens is 1310 g/mol. The Morgan fingerprint density at radius 2 is 0.480 bits per heavy atom. The fraction of sp³-hybridized carbons (Fsp3) is 0.951. The van der Waals surface area contributed by atoms with E-state index in [4.69, 9.17) is 37.0 Å². The van der Waals surface area contributed by atoms with E-state index in [9.17, 15) is 43.2 Å². The Labute approximate surface area is 613 Å². The molecule has 0 aromatic carbocycles. The highest BCUT2D eigenvalue weighted by Crippen LogP contribution is 2.45. The number of phosphoric ester groups is 2. The maximum absolute atomic E-state index is 13.1. The number of carbonyl (C=O) groups excluding carboxylic acids is 4. The summed E-state index contributed by atoms with van der Waals surface area (Å²) in [6.07, 6.45) is 62.7. The van der Waals surface area contributed by atoms with Gasteiger partial charge in [0.05, 0.1) is 26.4 Å². The van der Waals surface area contributed by atoms with Gasteiger partial charge in [-0.15, -0.1) is 0 Å². The molecule has 0 heterocycles. The van der Waals surface area contributed by atoms with Crippen molar-refractivity contribution in [3.63, 3.8) is 0 Å². The number of esters is 4. The number of unbranched alkanes of at least 4 members (excludes halogenated alkanes) is 48. The average molecular weight is 1470 g/mol. The predicted molar refractivity (Wildman–Crippen MR) is 409 cm³/mol. The fourth-order valence-corrected chi connectivity index (χ4v) is 14.1. The zero-order valence-electron chi connectivity index (χ0n) is 65.5. The zero-order chi connectivity index (χ0) is 73.5. The first-order valence-electron chi connectivity index (χ1n) is 42.1. The van der Waals surface area contributed by atoms with E-state index in [0.717, 1.165) is 102 Å².